The summed E-state index contributed by atoms with van der Waals surface area (Å²) in [4.78, 5) is 0. The summed E-state index contributed by atoms with van der Waals surface area (Å²) in [5.74, 6) is 0.282. The first-order valence-electron chi connectivity index (χ1n) is 8.75. The summed E-state index contributed by atoms with van der Waals surface area (Å²) in [6.45, 7) is 11.0. The Morgan fingerprint density at radius 3 is 2.64 bits per heavy atom. The molecule has 0 radical (unpaired) electrons. The molecule has 2 saturated carbocycles. The van der Waals surface area contributed by atoms with E-state index in [0.717, 1.165) is 38.5 Å². The largest absolute Gasteiger partial charge is 0.390 e. The number of aliphatic hydroxyl groups excluding tert-OH is 2. The fourth-order valence-corrected chi connectivity index (χ4v) is 5.10. The molecule has 0 aromatic carbocycles. The van der Waals surface area contributed by atoms with Gasteiger partial charge in [-0.3, -0.25) is 0 Å². The van der Waals surface area contributed by atoms with E-state index in [-0.39, 0.29) is 17.3 Å². The molecule has 0 unspecified atom stereocenters. The van der Waals surface area contributed by atoms with Gasteiger partial charge in [0.25, 0.3) is 0 Å². The SMILES string of the molecule is C=C1[C@@H]2CC/C(C)=C/CC/C(C)=C3/CC[C@@](C)([C@@H]13)[C@@H](O)[C@H]2O. The van der Waals surface area contributed by atoms with Gasteiger partial charge in [0.2, 0.25) is 0 Å². The zero-order chi connectivity index (χ0) is 16.1. The average Bonchev–Trinajstić information content (AvgIpc) is 2.83. The Morgan fingerprint density at radius 2 is 1.91 bits per heavy atom. The highest BCUT2D eigenvalue weighted by molar-refractivity contribution is 5.37. The quantitative estimate of drug-likeness (QED) is 0.660. The second kappa shape index (κ2) is 5.65. The van der Waals surface area contributed by atoms with Gasteiger partial charge in [0.15, 0.2) is 0 Å². The smallest absolute Gasteiger partial charge is 0.0870 e. The van der Waals surface area contributed by atoms with E-state index in [0.29, 0.717) is 0 Å². The molecule has 0 spiro atoms. The molecule has 22 heavy (non-hydrogen) atoms. The van der Waals surface area contributed by atoms with Crippen LogP contribution in [0.15, 0.2) is 34.9 Å². The van der Waals surface area contributed by atoms with Crippen LogP contribution < -0.4 is 0 Å². The molecule has 0 aromatic rings. The van der Waals surface area contributed by atoms with Crippen LogP contribution in [0.1, 0.15) is 59.3 Å². The number of hydrogen-bond donors (Lipinski definition) is 2. The van der Waals surface area contributed by atoms with Gasteiger partial charge >= 0.3 is 0 Å². The molecule has 0 amide bonds. The summed E-state index contributed by atoms with van der Waals surface area (Å²) < 4.78 is 0. The first kappa shape index (κ1) is 16.0. The van der Waals surface area contributed by atoms with E-state index in [9.17, 15) is 10.2 Å². The summed E-state index contributed by atoms with van der Waals surface area (Å²) in [7, 11) is 0. The summed E-state index contributed by atoms with van der Waals surface area (Å²) in [5.41, 5.74) is 5.30. The van der Waals surface area contributed by atoms with Crippen molar-refractivity contribution in [2.45, 2.75) is 71.5 Å². The Morgan fingerprint density at radius 1 is 1.18 bits per heavy atom. The zero-order valence-corrected chi connectivity index (χ0v) is 14.2. The van der Waals surface area contributed by atoms with Gasteiger partial charge in [0.05, 0.1) is 12.2 Å². The molecule has 0 aromatic heterocycles. The number of aliphatic hydroxyl groups is 2. The van der Waals surface area contributed by atoms with Crippen molar-refractivity contribution in [2.24, 2.45) is 17.3 Å². The van der Waals surface area contributed by atoms with Crippen LogP contribution in [0, 0.1) is 17.3 Å². The fourth-order valence-electron chi connectivity index (χ4n) is 5.10. The summed E-state index contributed by atoms with van der Waals surface area (Å²) in [6.07, 6.45) is 7.16. The molecule has 122 valence electrons. The zero-order valence-electron chi connectivity index (χ0n) is 14.2. The lowest BCUT2D eigenvalue weighted by Crippen LogP contribution is -2.53. The first-order chi connectivity index (χ1) is 10.4. The maximum atomic E-state index is 10.8. The van der Waals surface area contributed by atoms with Crippen LogP contribution in [0.3, 0.4) is 0 Å². The van der Waals surface area contributed by atoms with Gasteiger partial charge in [-0.15, -0.1) is 0 Å². The fraction of sp³-hybridized carbons (Fsp3) is 0.700. The predicted octanol–water partition coefficient (Wildman–Crippen LogP) is 4.15. The Bertz CT molecular complexity index is 542. The van der Waals surface area contributed by atoms with Gasteiger partial charge in [-0.25, -0.2) is 0 Å². The van der Waals surface area contributed by atoms with Gasteiger partial charge in [-0.05, 0) is 52.4 Å². The van der Waals surface area contributed by atoms with E-state index in [2.05, 4.69) is 33.4 Å². The highest BCUT2D eigenvalue weighted by Gasteiger charge is 2.56. The van der Waals surface area contributed by atoms with Crippen molar-refractivity contribution in [3.8, 4) is 0 Å². The molecule has 5 atom stereocenters. The molecular formula is C20H30O2. The maximum Gasteiger partial charge on any atom is 0.0870 e. The summed E-state index contributed by atoms with van der Waals surface area (Å²) >= 11 is 0. The third-order valence-electron chi connectivity index (χ3n) is 6.61. The lowest BCUT2D eigenvalue weighted by atomic mass is 9.59. The van der Waals surface area contributed by atoms with Crippen LogP contribution in [0.4, 0.5) is 0 Å². The lowest BCUT2D eigenvalue weighted by molar-refractivity contribution is -0.108. The lowest BCUT2D eigenvalue weighted by Gasteiger charge is -2.49. The predicted molar refractivity (Wildman–Crippen MR) is 90.4 cm³/mol. The van der Waals surface area contributed by atoms with Crippen LogP contribution in [0.2, 0.25) is 0 Å². The maximum absolute atomic E-state index is 10.8. The van der Waals surface area contributed by atoms with Crippen molar-refractivity contribution in [2.75, 3.05) is 0 Å². The van der Waals surface area contributed by atoms with Crippen molar-refractivity contribution in [1.82, 2.24) is 0 Å². The van der Waals surface area contributed by atoms with E-state index in [1.165, 1.54) is 22.3 Å². The van der Waals surface area contributed by atoms with Crippen molar-refractivity contribution in [1.29, 1.82) is 0 Å². The second-order valence-corrected chi connectivity index (χ2v) is 7.99. The number of allylic oxidation sites excluding steroid dienone is 4. The molecular weight excluding hydrogens is 272 g/mol. The number of fused-ring (bicyclic) bond motifs is 1. The van der Waals surface area contributed by atoms with Gasteiger partial charge in [-0.1, -0.05) is 41.9 Å². The molecule has 3 aliphatic rings. The van der Waals surface area contributed by atoms with Crippen LogP contribution in [-0.4, -0.2) is 22.4 Å². The number of rotatable bonds is 0. The molecule has 0 heterocycles. The molecule has 2 fully saturated rings. The molecule has 2 N–H and O–H groups in total. The Balaban J connectivity index is 2.08. The minimum absolute atomic E-state index is 0.0235. The van der Waals surface area contributed by atoms with E-state index < -0.39 is 12.2 Å². The Hall–Kier alpha value is -0.860. The van der Waals surface area contributed by atoms with E-state index in [1.54, 1.807) is 0 Å². The highest BCUT2D eigenvalue weighted by Crippen LogP contribution is 2.59. The van der Waals surface area contributed by atoms with Gasteiger partial charge in [0, 0.05) is 17.3 Å². The molecule has 2 nitrogen and oxygen atoms in total. The van der Waals surface area contributed by atoms with E-state index >= 15 is 0 Å². The number of hydrogen-bond acceptors (Lipinski definition) is 2. The van der Waals surface area contributed by atoms with Crippen LogP contribution in [-0.2, 0) is 0 Å². The Labute approximate surface area is 134 Å². The normalized spacial score (nSPS) is 48.6. The van der Waals surface area contributed by atoms with Crippen LogP contribution >= 0.6 is 0 Å². The standard InChI is InChI=1S/C20H30O2/c1-12-6-5-7-13(2)15-10-11-20(4)17(15)14(3)16(9-8-12)18(21)19(20)22/h6,16-19,21-22H,3,5,7-11H2,1-2,4H3/b12-6+,15-13-/t16-,17-,18-,19-,20-/m0/s1. The molecule has 0 saturated heterocycles. The third kappa shape index (κ3) is 2.32. The topological polar surface area (TPSA) is 40.5 Å². The van der Waals surface area contributed by atoms with Crippen LogP contribution in [0.25, 0.3) is 0 Å². The van der Waals surface area contributed by atoms with E-state index in [1.807, 2.05) is 0 Å². The molecule has 0 aliphatic heterocycles. The van der Waals surface area contributed by atoms with Crippen LogP contribution in [0.5, 0.6) is 0 Å². The first-order valence-corrected chi connectivity index (χ1v) is 8.75. The van der Waals surface area contributed by atoms with E-state index in [4.69, 9.17) is 0 Å². The highest BCUT2D eigenvalue weighted by atomic mass is 16.3. The Kier molecular flexibility index (Phi) is 4.11. The third-order valence-corrected chi connectivity index (χ3v) is 6.61. The molecule has 3 aliphatic carbocycles. The average molecular weight is 302 g/mol. The van der Waals surface area contributed by atoms with Gasteiger partial charge in [-0.2, -0.15) is 0 Å². The van der Waals surface area contributed by atoms with Crippen molar-refractivity contribution in [3.63, 3.8) is 0 Å². The van der Waals surface area contributed by atoms with Gasteiger partial charge < -0.3 is 10.2 Å². The molecule has 2 bridgehead atoms. The van der Waals surface area contributed by atoms with Crippen molar-refractivity contribution >= 4 is 0 Å². The van der Waals surface area contributed by atoms with Gasteiger partial charge in [0.1, 0.15) is 0 Å². The summed E-state index contributed by atoms with van der Waals surface area (Å²) in [6, 6.07) is 0. The minimum atomic E-state index is -0.665. The second-order valence-electron chi connectivity index (χ2n) is 7.99. The van der Waals surface area contributed by atoms with Crippen molar-refractivity contribution < 1.29 is 10.2 Å². The summed E-state index contributed by atoms with van der Waals surface area (Å²) in [5, 5.41) is 21.5. The minimum Gasteiger partial charge on any atom is -0.390 e. The van der Waals surface area contributed by atoms with Crippen molar-refractivity contribution in [3.05, 3.63) is 34.9 Å². The molecule has 3 rings (SSSR count). The molecule has 2 heteroatoms. The monoisotopic (exact) mass is 302 g/mol.